The molecule has 2 aliphatic rings. The van der Waals surface area contributed by atoms with Crippen LogP contribution in [0.1, 0.15) is 88.7 Å². The predicted molar refractivity (Wildman–Crippen MR) is 118 cm³/mol. The van der Waals surface area contributed by atoms with Crippen LogP contribution in [-0.4, -0.2) is 0 Å². The molecule has 0 spiro atoms. The van der Waals surface area contributed by atoms with Crippen LogP contribution in [0.3, 0.4) is 0 Å². The van der Waals surface area contributed by atoms with Gasteiger partial charge in [0, 0.05) is 5.56 Å². The van der Waals surface area contributed by atoms with E-state index < -0.39 is 17.2 Å². The molecule has 0 bridgehead atoms. The van der Waals surface area contributed by atoms with E-state index in [1.54, 1.807) is 0 Å². The molecule has 0 aliphatic heterocycles. The fraction of sp³-hybridized carbons (Fsp3) is 0.593. The maximum Gasteiger partial charge on any atom is 0.145 e. The molecule has 30 heavy (non-hydrogen) atoms. The van der Waals surface area contributed by atoms with Crippen molar-refractivity contribution in [1.82, 2.24) is 0 Å². The third-order valence-electron chi connectivity index (χ3n) is 7.24. The van der Waals surface area contributed by atoms with Gasteiger partial charge in [-0.1, -0.05) is 69.8 Å². The summed E-state index contributed by atoms with van der Waals surface area (Å²) in [6.07, 6.45) is 19.0. The van der Waals surface area contributed by atoms with Crippen LogP contribution in [0.25, 0.3) is 0 Å². The van der Waals surface area contributed by atoms with Crippen LogP contribution in [0.5, 0.6) is 0 Å². The molecule has 3 heteroatoms. The lowest BCUT2D eigenvalue weighted by molar-refractivity contribution is 0.224. The summed E-state index contributed by atoms with van der Waals surface area (Å²) in [4.78, 5) is 0. The number of hydrogen-bond acceptors (Lipinski definition) is 1. The van der Waals surface area contributed by atoms with E-state index in [1.165, 1.54) is 76.7 Å². The van der Waals surface area contributed by atoms with Gasteiger partial charge in [-0.25, -0.2) is 8.78 Å². The van der Waals surface area contributed by atoms with Crippen molar-refractivity contribution in [3.63, 3.8) is 0 Å². The van der Waals surface area contributed by atoms with Crippen LogP contribution in [-0.2, 0) is 0 Å². The summed E-state index contributed by atoms with van der Waals surface area (Å²) in [6.45, 7) is 2.33. The third kappa shape index (κ3) is 6.43. The molecule has 1 aromatic rings. The number of allylic oxidation sites excluding steroid dienone is 2. The first kappa shape index (κ1) is 22.6. The van der Waals surface area contributed by atoms with Crippen molar-refractivity contribution in [3.8, 4) is 17.9 Å². The molecular formula is C27H33F2N. The monoisotopic (exact) mass is 409 g/mol. The molecule has 0 aromatic heterocycles. The Bertz CT molecular complexity index is 800. The van der Waals surface area contributed by atoms with Gasteiger partial charge in [0.2, 0.25) is 0 Å². The fourth-order valence-corrected chi connectivity index (χ4v) is 5.13. The first-order chi connectivity index (χ1) is 14.6. The number of nitrogens with zero attached hydrogens (tertiary/aromatic N) is 1. The number of benzene rings is 1. The summed E-state index contributed by atoms with van der Waals surface area (Å²) in [7, 11) is 0. The van der Waals surface area contributed by atoms with Gasteiger partial charge in [-0.05, 0) is 67.6 Å². The minimum Gasteiger partial charge on any atom is -0.205 e. The molecule has 0 radical (unpaired) electrons. The quantitative estimate of drug-likeness (QED) is 0.461. The van der Waals surface area contributed by atoms with Gasteiger partial charge in [0.25, 0.3) is 0 Å². The van der Waals surface area contributed by atoms with E-state index in [2.05, 4.69) is 24.8 Å². The van der Waals surface area contributed by atoms with Crippen LogP contribution in [0, 0.1) is 58.5 Å². The normalized spacial score (nSPS) is 26.7. The van der Waals surface area contributed by atoms with Gasteiger partial charge in [0.1, 0.15) is 23.3 Å². The zero-order valence-electron chi connectivity index (χ0n) is 18.1. The number of nitriles is 1. The van der Waals surface area contributed by atoms with E-state index in [-0.39, 0.29) is 5.56 Å². The van der Waals surface area contributed by atoms with E-state index >= 15 is 0 Å². The Morgan fingerprint density at radius 2 is 1.43 bits per heavy atom. The number of halogens is 2. The maximum atomic E-state index is 13.6. The molecule has 0 amide bonds. The molecule has 160 valence electrons. The molecule has 0 saturated heterocycles. The largest absolute Gasteiger partial charge is 0.205 e. The van der Waals surface area contributed by atoms with Crippen molar-refractivity contribution >= 4 is 0 Å². The lowest BCUT2D eigenvalue weighted by atomic mass is 9.75. The summed E-state index contributed by atoms with van der Waals surface area (Å²) >= 11 is 0. The van der Waals surface area contributed by atoms with Crippen LogP contribution in [0.2, 0.25) is 0 Å². The van der Waals surface area contributed by atoms with Crippen LogP contribution in [0.4, 0.5) is 8.78 Å². The maximum absolute atomic E-state index is 13.6. The molecule has 2 aliphatic carbocycles. The van der Waals surface area contributed by atoms with Gasteiger partial charge >= 0.3 is 0 Å². The Hall–Kier alpha value is -2.13. The van der Waals surface area contributed by atoms with Crippen molar-refractivity contribution in [2.24, 2.45) is 23.7 Å². The summed E-state index contributed by atoms with van der Waals surface area (Å²) in [5, 5.41) is 8.71. The fourth-order valence-electron chi connectivity index (χ4n) is 5.13. The van der Waals surface area contributed by atoms with Gasteiger partial charge < -0.3 is 0 Å². The smallest absolute Gasteiger partial charge is 0.145 e. The minimum absolute atomic E-state index is 0.255. The Labute approximate surface area is 180 Å². The molecular weight excluding hydrogens is 376 g/mol. The minimum atomic E-state index is -0.859. The summed E-state index contributed by atoms with van der Waals surface area (Å²) in [5.41, 5.74) is -0.299. The molecule has 0 unspecified atom stereocenters. The number of rotatable bonds is 5. The highest BCUT2D eigenvalue weighted by Crippen LogP contribution is 2.37. The van der Waals surface area contributed by atoms with Crippen LogP contribution >= 0.6 is 0 Å². The van der Waals surface area contributed by atoms with Gasteiger partial charge in [-0.3, -0.25) is 0 Å². The second kappa shape index (κ2) is 11.3. The lowest BCUT2D eigenvalue weighted by Gasteiger charge is -2.31. The Kier molecular flexibility index (Phi) is 8.50. The van der Waals surface area contributed by atoms with E-state index in [0.29, 0.717) is 5.92 Å². The molecule has 1 nitrogen and oxygen atoms in total. The first-order valence-corrected chi connectivity index (χ1v) is 11.7. The highest BCUT2D eigenvalue weighted by molar-refractivity contribution is 5.43. The predicted octanol–water partition coefficient (Wildman–Crippen LogP) is 7.55. The van der Waals surface area contributed by atoms with Crippen molar-refractivity contribution in [1.29, 1.82) is 5.26 Å². The topological polar surface area (TPSA) is 23.8 Å². The molecule has 2 fully saturated rings. The van der Waals surface area contributed by atoms with Gasteiger partial charge in [0.05, 0.1) is 0 Å². The number of hydrogen-bond donors (Lipinski definition) is 0. The van der Waals surface area contributed by atoms with E-state index in [9.17, 15) is 8.78 Å². The third-order valence-corrected chi connectivity index (χ3v) is 7.24. The Balaban J connectivity index is 1.39. The van der Waals surface area contributed by atoms with E-state index in [4.69, 9.17) is 5.26 Å². The SMILES string of the molecule is CCC1CCC(CCC2CCC(/C=C/C#Cc3cc(F)c(C#N)c(F)c3)CC2)CC1. The zero-order chi connectivity index (χ0) is 21.3. The highest BCUT2D eigenvalue weighted by atomic mass is 19.1. The average Bonchev–Trinajstić information content (AvgIpc) is 2.76. The van der Waals surface area contributed by atoms with Gasteiger partial charge in [0.15, 0.2) is 0 Å². The van der Waals surface area contributed by atoms with E-state index in [1.807, 2.05) is 6.08 Å². The van der Waals surface area contributed by atoms with Crippen molar-refractivity contribution < 1.29 is 8.78 Å². The van der Waals surface area contributed by atoms with Crippen LogP contribution < -0.4 is 0 Å². The molecule has 0 N–H and O–H groups in total. The van der Waals surface area contributed by atoms with Crippen molar-refractivity contribution in [2.75, 3.05) is 0 Å². The zero-order valence-corrected chi connectivity index (χ0v) is 18.1. The standard InChI is InChI=1S/C27H33F2N/c1-2-20-7-9-22(10-8-20)15-16-23-13-11-21(12-14-23)5-3-4-6-24-17-26(28)25(19-30)27(29)18-24/h3,5,17-18,20-23H,2,7-16H2,1H3/b5-3+. The second-order valence-electron chi connectivity index (χ2n) is 9.21. The van der Waals surface area contributed by atoms with Crippen LogP contribution in [0.15, 0.2) is 24.3 Å². The van der Waals surface area contributed by atoms with E-state index in [0.717, 1.165) is 29.9 Å². The summed E-state index contributed by atoms with van der Waals surface area (Å²) < 4.78 is 27.2. The molecule has 0 heterocycles. The van der Waals surface area contributed by atoms with Gasteiger partial charge in [-0.15, -0.1) is 0 Å². The summed E-state index contributed by atoms with van der Waals surface area (Å²) in [5.74, 6) is 7.33. The lowest BCUT2D eigenvalue weighted by Crippen LogP contribution is -2.17. The Morgan fingerprint density at radius 1 is 0.900 bits per heavy atom. The average molecular weight is 410 g/mol. The Morgan fingerprint density at radius 3 is 1.97 bits per heavy atom. The van der Waals surface area contributed by atoms with Crippen molar-refractivity contribution in [3.05, 3.63) is 47.0 Å². The highest BCUT2D eigenvalue weighted by Gasteiger charge is 2.23. The molecule has 0 atom stereocenters. The molecule has 3 rings (SSSR count). The van der Waals surface area contributed by atoms with Crippen molar-refractivity contribution in [2.45, 2.75) is 77.6 Å². The molecule has 2 saturated carbocycles. The second-order valence-corrected chi connectivity index (χ2v) is 9.21. The molecule has 1 aromatic carbocycles. The van der Waals surface area contributed by atoms with Gasteiger partial charge in [-0.2, -0.15) is 5.26 Å². The summed E-state index contributed by atoms with van der Waals surface area (Å²) in [6, 6.07) is 3.75. The first-order valence-electron chi connectivity index (χ1n) is 11.7.